The maximum Gasteiger partial charge on any atom is 0.160 e. The van der Waals surface area contributed by atoms with Gasteiger partial charge >= 0.3 is 0 Å². The molecule has 0 aliphatic carbocycles. The molecule has 8 aromatic carbocycles. The van der Waals surface area contributed by atoms with E-state index in [0.29, 0.717) is 5.82 Å². The molecular weight excluding hydrogens is 637 g/mol. The molecule has 0 unspecified atom stereocenters. The molecule has 2 heterocycles. The van der Waals surface area contributed by atoms with Crippen molar-refractivity contribution < 1.29 is 0 Å². The van der Waals surface area contributed by atoms with Crippen molar-refractivity contribution in [2.75, 3.05) is 0 Å². The first kappa shape index (κ1) is 29.5. The quantitative estimate of drug-likeness (QED) is 0.183. The Labute approximate surface area is 300 Å². The van der Waals surface area contributed by atoms with Crippen molar-refractivity contribution in [3.63, 3.8) is 0 Å². The van der Waals surface area contributed by atoms with E-state index in [-0.39, 0.29) is 0 Å². The molecule has 0 aliphatic heterocycles. The molecule has 10 aromatic rings. The highest BCUT2D eigenvalue weighted by Gasteiger charge is 2.18. The van der Waals surface area contributed by atoms with Crippen LogP contribution in [-0.4, -0.2) is 9.97 Å². The van der Waals surface area contributed by atoms with Gasteiger partial charge in [0.2, 0.25) is 0 Å². The third-order valence-electron chi connectivity index (χ3n) is 9.88. The second kappa shape index (κ2) is 12.2. The zero-order chi connectivity index (χ0) is 33.7. The Kier molecular flexibility index (Phi) is 7.04. The molecule has 2 nitrogen and oxygen atoms in total. The van der Waals surface area contributed by atoms with Gasteiger partial charge in [-0.3, -0.25) is 0 Å². The monoisotopic (exact) mass is 666 g/mol. The van der Waals surface area contributed by atoms with Crippen LogP contribution in [0.2, 0.25) is 0 Å². The van der Waals surface area contributed by atoms with Crippen LogP contribution in [-0.2, 0) is 0 Å². The van der Waals surface area contributed by atoms with Gasteiger partial charge in [-0.05, 0) is 74.1 Å². The summed E-state index contributed by atoms with van der Waals surface area (Å²) in [5.74, 6) is 0.710. The van der Waals surface area contributed by atoms with Gasteiger partial charge in [0, 0.05) is 36.9 Å². The minimum Gasteiger partial charge on any atom is -0.228 e. The summed E-state index contributed by atoms with van der Waals surface area (Å²) in [6.45, 7) is 0. The molecule has 0 atom stereocenters. The summed E-state index contributed by atoms with van der Waals surface area (Å²) in [6, 6.07) is 65.0. The van der Waals surface area contributed by atoms with Crippen LogP contribution in [0, 0.1) is 0 Å². The van der Waals surface area contributed by atoms with Gasteiger partial charge in [0.15, 0.2) is 5.82 Å². The second-order valence-electron chi connectivity index (χ2n) is 13.0. The van der Waals surface area contributed by atoms with Gasteiger partial charge < -0.3 is 0 Å². The van der Waals surface area contributed by atoms with Crippen LogP contribution in [0.5, 0.6) is 0 Å². The summed E-state index contributed by atoms with van der Waals surface area (Å²) >= 11 is 1.86. The molecule has 51 heavy (non-hydrogen) atoms. The van der Waals surface area contributed by atoms with E-state index < -0.39 is 0 Å². The van der Waals surface area contributed by atoms with Crippen LogP contribution in [0.25, 0.3) is 97.9 Å². The molecule has 0 saturated carbocycles. The number of hydrogen-bond acceptors (Lipinski definition) is 3. The van der Waals surface area contributed by atoms with E-state index in [1.54, 1.807) is 0 Å². The highest BCUT2D eigenvalue weighted by molar-refractivity contribution is 7.25. The van der Waals surface area contributed by atoms with E-state index in [9.17, 15) is 0 Å². The van der Waals surface area contributed by atoms with E-state index in [4.69, 9.17) is 9.97 Å². The summed E-state index contributed by atoms with van der Waals surface area (Å²) in [5.41, 5.74) is 9.77. The fourth-order valence-corrected chi connectivity index (χ4v) is 8.57. The van der Waals surface area contributed by atoms with Crippen LogP contribution in [0.3, 0.4) is 0 Å². The smallest absolute Gasteiger partial charge is 0.160 e. The van der Waals surface area contributed by atoms with Crippen molar-refractivity contribution in [2.45, 2.75) is 0 Å². The lowest BCUT2D eigenvalue weighted by Gasteiger charge is -2.16. The minimum atomic E-state index is 0.710. The van der Waals surface area contributed by atoms with E-state index >= 15 is 0 Å². The van der Waals surface area contributed by atoms with Crippen molar-refractivity contribution in [3.05, 3.63) is 182 Å². The number of benzene rings is 8. The summed E-state index contributed by atoms with van der Waals surface area (Å²) in [4.78, 5) is 10.5. The molecule has 3 heteroatoms. The molecule has 10 rings (SSSR count). The molecule has 2 aromatic heterocycles. The fourth-order valence-electron chi connectivity index (χ4n) is 7.43. The standard InChI is InChI=1S/C48H30N2S/c1-3-12-31(13-4-1)40-27-26-32-14-7-8-17-38(32)46(40)43-30-42(49-48(50-43)33-15-5-2-6-16-33)37-25-23-34-28-36(24-22-35(34)29-37)39-19-11-21-45-47(39)41-18-9-10-20-44(41)51-45/h1-30H. The number of hydrogen-bond donors (Lipinski definition) is 0. The molecule has 0 bridgehead atoms. The van der Waals surface area contributed by atoms with Gasteiger partial charge in [-0.1, -0.05) is 152 Å². The van der Waals surface area contributed by atoms with Gasteiger partial charge in [-0.25, -0.2) is 9.97 Å². The first-order valence-corrected chi connectivity index (χ1v) is 18.1. The molecule has 0 spiro atoms. The van der Waals surface area contributed by atoms with E-state index in [1.807, 2.05) is 29.5 Å². The van der Waals surface area contributed by atoms with Crippen LogP contribution in [0.15, 0.2) is 182 Å². The normalized spacial score (nSPS) is 11.5. The number of rotatable bonds is 5. The topological polar surface area (TPSA) is 25.8 Å². The maximum absolute atomic E-state index is 5.27. The number of fused-ring (bicyclic) bond motifs is 5. The Hall–Kier alpha value is -6.42. The minimum absolute atomic E-state index is 0.710. The van der Waals surface area contributed by atoms with Gasteiger partial charge in [0.05, 0.1) is 11.4 Å². The highest BCUT2D eigenvalue weighted by atomic mass is 32.1. The Morgan fingerprint density at radius 3 is 1.80 bits per heavy atom. The molecular formula is C48H30N2S. The predicted molar refractivity (Wildman–Crippen MR) is 217 cm³/mol. The van der Waals surface area contributed by atoms with Crippen LogP contribution >= 0.6 is 11.3 Å². The molecule has 0 fully saturated rings. The Morgan fingerprint density at radius 2 is 0.980 bits per heavy atom. The Balaban J connectivity index is 1.14. The lowest BCUT2D eigenvalue weighted by Crippen LogP contribution is -1.98. The lowest BCUT2D eigenvalue weighted by atomic mass is 9.91. The highest BCUT2D eigenvalue weighted by Crippen LogP contribution is 2.42. The SMILES string of the molecule is c1ccc(-c2nc(-c3ccc4cc(-c5cccc6sc7ccccc7c56)ccc4c3)cc(-c3c(-c4ccccc4)ccc4ccccc34)n2)cc1. The molecule has 0 saturated heterocycles. The lowest BCUT2D eigenvalue weighted by molar-refractivity contribution is 1.19. The van der Waals surface area contributed by atoms with Crippen molar-refractivity contribution in [1.82, 2.24) is 9.97 Å². The third-order valence-corrected chi connectivity index (χ3v) is 11.0. The van der Waals surface area contributed by atoms with Crippen molar-refractivity contribution >= 4 is 53.1 Å². The average Bonchev–Trinajstić information content (AvgIpc) is 3.59. The van der Waals surface area contributed by atoms with Crippen LogP contribution in [0.1, 0.15) is 0 Å². The third kappa shape index (κ3) is 5.18. The van der Waals surface area contributed by atoms with Crippen molar-refractivity contribution in [2.24, 2.45) is 0 Å². The largest absolute Gasteiger partial charge is 0.228 e. The van der Waals surface area contributed by atoms with Crippen LogP contribution < -0.4 is 0 Å². The van der Waals surface area contributed by atoms with Gasteiger partial charge in [-0.15, -0.1) is 11.3 Å². The van der Waals surface area contributed by atoms with Crippen LogP contribution in [0.4, 0.5) is 0 Å². The summed E-state index contributed by atoms with van der Waals surface area (Å²) in [7, 11) is 0. The number of thiophene rings is 1. The second-order valence-corrected chi connectivity index (χ2v) is 14.0. The molecule has 238 valence electrons. The predicted octanol–water partition coefficient (Wildman–Crippen LogP) is 13.5. The number of nitrogens with zero attached hydrogens (tertiary/aromatic N) is 2. The Bertz CT molecular complexity index is 2910. The first-order valence-electron chi connectivity index (χ1n) is 17.2. The van der Waals surface area contributed by atoms with Gasteiger partial charge in [0.25, 0.3) is 0 Å². The van der Waals surface area contributed by atoms with Crippen molar-refractivity contribution in [3.8, 4) is 56.2 Å². The summed E-state index contributed by atoms with van der Waals surface area (Å²) in [6.07, 6.45) is 0. The summed E-state index contributed by atoms with van der Waals surface area (Å²) < 4.78 is 2.64. The van der Waals surface area contributed by atoms with E-state index in [2.05, 4.69) is 164 Å². The first-order chi connectivity index (χ1) is 25.3. The maximum atomic E-state index is 5.27. The van der Waals surface area contributed by atoms with Gasteiger partial charge in [0.1, 0.15) is 0 Å². The average molecular weight is 667 g/mol. The summed E-state index contributed by atoms with van der Waals surface area (Å²) in [5, 5.41) is 7.38. The number of aromatic nitrogens is 2. The fraction of sp³-hybridized carbons (Fsp3) is 0. The zero-order valence-electron chi connectivity index (χ0n) is 27.6. The molecule has 0 aliphatic rings. The molecule has 0 amide bonds. The molecule has 0 N–H and O–H groups in total. The van der Waals surface area contributed by atoms with Crippen molar-refractivity contribution in [1.29, 1.82) is 0 Å². The van der Waals surface area contributed by atoms with E-state index in [0.717, 1.165) is 39.2 Å². The van der Waals surface area contributed by atoms with Gasteiger partial charge in [-0.2, -0.15) is 0 Å². The zero-order valence-corrected chi connectivity index (χ0v) is 28.4. The molecule has 0 radical (unpaired) electrons. The Morgan fingerprint density at radius 1 is 0.353 bits per heavy atom. The van der Waals surface area contributed by atoms with E-state index in [1.165, 1.54) is 52.8 Å².